The minimum atomic E-state index is -0.0270. The molecule has 1 amide bonds. The summed E-state index contributed by atoms with van der Waals surface area (Å²) in [5, 5.41) is 0. The second-order valence-corrected chi connectivity index (χ2v) is 7.57. The van der Waals surface area contributed by atoms with Crippen molar-refractivity contribution in [2.24, 2.45) is 0 Å². The number of carbonyl (C=O) groups excluding carboxylic acids is 1. The zero-order chi connectivity index (χ0) is 19.5. The van der Waals surface area contributed by atoms with Gasteiger partial charge in [-0.3, -0.25) is 4.79 Å². The third kappa shape index (κ3) is 3.85. The third-order valence-electron chi connectivity index (χ3n) is 5.50. The summed E-state index contributed by atoms with van der Waals surface area (Å²) in [5.41, 5.74) is 2.91. The highest BCUT2D eigenvalue weighted by Crippen LogP contribution is 2.28. The van der Waals surface area contributed by atoms with E-state index in [4.69, 9.17) is 9.72 Å². The maximum absolute atomic E-state index is 13.1. The molecule has 7 heteroatoms. The van der Waals surface area contributed by atoms with Crippen LogP contribution in [0.1, 0.15) is 53.1 Å². The van der Waals surface area contributed by atoms with E-state index in [2.05, 4.69) is 21.9 Å². The lowest BCUT2D eigenvalue weighted by atomic mass is 9.96. The number of rotatable bonds is 4. The quantitative estimate of drug-likeness (QED) is 0.809. The van der Waals surface area contributed by atoms with Crippen LogP contribution < -0.4 is 4.74 Å². The number of nitrogens with zero attached hydrogens (tertiary/aromatic N) is 5. The van der Waals surface area contributed by atoms with Crippen LogP contribution in [0, 0.1) is 0 Å². The smallest absolute Gasteiger partial charge is 0.259 e. The molecule has 1 atom stereocenters. The maximum atomic E-state index is 13.1. The van der Waals surface area contributed by atoms with Crippen LogP contribution in [0.3, 0.4) is 0 Å². The number of aromatic nitrogens is 3. The van der Waals surface area contributed by atoms with Gasteiger partial charge in [-0.2, -0.15) is 0 Å². The summed E-state index contributed by atoms with van der Waals surface area (Å²) in [5.74, 6) is 1.43. The molecule has 7 nitrogen and oxygen atoms in total. The molecule has 0 aromatic carbocycles. The van der Waals surface area contributed by atoms with Crippen molar-refractivity contribution in [2.75, 3.05) is 33.3 Å². The third-order valence-corrected chi connectivity index (χ3v) is 5.50. The number of likely N-dealkylation sites (N-methyl/N-ethyl adjacent to an activating group) is 1. The fourth-order valence-corrected chi connectivity index (χ4v) is 4.02. The Morgan fingerprint density at radius 2 is 2.21 bits per heavy atom. The van der Waals surface area contributed by atoms with Crippen molar-refractivity contribution in [3.8, 4) is 5.88 Å². The molecule has 4 heterocycles. The van der Waals surface area contributed by atoms with Gasteiger partial charge < -0.3 is 14.5 Å². The van der Waals surface area contributed by atoms with Crippen molar-refractivity contribution >= 4 is 5.91 Å². The molecule has 1 unspecified atom stereocenters. The fourth-order valence-electron chi connectivity index (χ4n) is 4.02. The van der Waals surface area contributed by atoms with Crippen molar-refractivity contribution in [2.45, 2.75) is 38.6 Å². The van der Waals surface area contributed by atoms with E-state index in [9.17, 15) is 4.79 Å². The molecule has 0 spiro atoms. The first kappa shape index (κ1) is 18.8. The predicted molar refractivity (Wildman–Crippen MR) is 105 cm³/mol. The number of fused-ring (bicyclic) bond motifs is 1. The van der Waals surface area contributed by atoms with Gasteiger partial charge in [0.2, 0.25) is 5.88 Å². The first-order valence-corrected chi connectivity index (χ1v) is 10.1. The zero-order valence-electron chi connectivity index (χ0n) is 16.6. The van der Waals surface area contributed by atoms with E-state index in [1.807, 2.05) is 18.0 Å². The van der Waals surface area contributed by atoms with Crippen LogP contribution in [0.4, 0.5) is 0 Å². The second kappa shape index (κ2) is 8.22. The van der Waals surface area contributed by atoms with Crippen molar-refractivity contribution in [1.29, 1.82) is 0 Å². The first-order chi connectivity index (χ1) is 13.7. The number of hydrogen-bond donors (Lipinski definition) is 0. The Morgan fingerprint density at radius 1 is 1.32 bits per heavy atom. The van der Waals surface area contributed by atoms with Crippen LogP contribution in [0.25, 0.3) is 0 Å². The Morgan fingerprint density at radius 3 is 3.07 bits per heavy atom. The van der Waals surface area contributed by atoms with Gasteiger partial charge in [0.25, 0.3) is 5.91 Å². The van der Waals surface area contributed by atoms with Crippen molar-refractivity contribution < 1.29 is 9.53 Å². The summed E-state index contributed by atoms with van der Waals surface area (Å²) < 4.78 is 5.54. The number of piperidine rings is 1. The molecule has 2 aromatic heterocycles. The SMILES string of the molecule is CCOc1ncccc1C(=O)N1CCCC(c2ncc3c(n2)CCN(C)C3)C1. The highest BCUT2D eigenvalue weighted by atomic mass is 16.5. The van der Waals surface area contributed by atoms with E-state index in [0.717, 1.165) is 50.4 Å². The highest BCUT2D eigenvalue weighted by molar-refractivity contribution is 5.96. The highest BCUT2D eigenvalue weighted by Gasteiger charge is 2.29. The molecule has 2 aliphatic heterocycles. The standard InChI is InChI=1S/C21H27N5O2/c1-3-28-20-17(7-4-9-22-20)21(27)26-10-5-6-15(14-26)19-23-12-16-13-25(2)11-8-18(16)24-19/h4,7,9,12,15H,3,5-6,8,10-11,13-14H2,1-2H3. The molecule has 0 bridgehead atoms. The Balaban J connectivity index is 1.51. The molecule has 28 heavy (non-hydrogen) atoms. The van der Waals surface area contributed by atoms with Gasteiger partial charge in [-0.1, -0.05) is 0 Å². The van der Waals surface area contributed by atoms with Crippen molar-refractivity contribution in [3.05, 3.63) is 47.2 Å². The molecule has 0 aliphatic carbocycles. The minimum absolute atomic E-state index is 0.0270. The molecule has 4 rings (SSSR count). The minimum Gasteiger partial charge on any atom is -0.477 e. The summed E-state index contributed by atoms with van der Waals surface area (Å²) in [6.45, 7) is 5.69. The van der Waals surface area contributed by atoms with Gasteiger partial charge in [-0.05, 0) is 38.9 Å². The lowest BCUT2D eigenvalue weighted by Crippen LogP contribution is -2.40. The number of ether oxygens (including phenoxy) is 1. The Bertz CT molecular complexity index is 856. The Hall–Kier alpha value is -2.54. The monoisotopic (exact) mass is 381 g/mol. The van der Waals surface area contributed by atoms with Crippen LogP contribution in [0.15, 0.2) is 24.5 Å². The van der Waals surface area contributed by atoms with Gasteiger partial charge in [-0.25, -0.2) is 15.0 Å². The molecule has 0 N–H and O–H groups in total. The average Bonchev–Trinajstić information content (AvgIpc) is 2.73. The predicted octanol–water partition coefficient (Wildman–Crippen LogP) is 2.28. The summed E-state index contributed by atoms with van der Waals surface area (Å²) in [7, 11) is 2.12. The molecule has 1 fully saturated rings. The number of likely N-dealkylation sites (tertiary alicyclic amines) is 1. The maximum Gasteiger partial charge on any atom is 0.259 e. The second-order valence-electron chi connectivity index (χ2n) is 7.57. The van der Waals surface area contributed by atoms with Gasteiger partial charge in [0, 0.05) is 62.2 Å². The van der Waals surface area contributed by atoms with E-state index in [1.165, 1.54) is 5.56 Å². The van der Waals surface area contributed by atoms with Crippen LogP contribution in [-0.4, -0.2) is 63.9 Å². The van der Waals surface area contributed by atoms with Crippen LogP contribution >= 0.6 is 0 Å². The van der Waals surface area contributed by atoms with Gasteiger partial charge >= 0.3 is 0 Å². The lowest BCUT2D eigenvalue weighted by molar-refractivity contribution is 0.0699. The summed E-state index contributed by atoms with van der Waals surface area (Å²) in [6, 6.07) is 3.57. The van der Waals surface area contributed by atoms with E-state index in [0.29, 0.717) is 24.6 Å². The summed E-state index contributed by atoms with van der Waals surface area (Å²) in [4.78, 5) is 31.0. The fraction of sp³-hybridized carbons (Fsp3) is 0.524. The van der Waals surface area contributed by atoms with Crippen molar-refractivity contribution in [3.63, 3.8) is 0 Å². The van der Waals surface area contributed by atoms with Crippen LogP contribution in [-0.2, 0) is 13.0 Å². The van der Waals surface area contributed by atoms with E-state index in [1.54, 1.807) is 18.3 Å². The topological polar surface area (TPSA) is 71.5 Å². The largest absolute Gasteiger partial charge is 0.477 e. The molecule has 0 saturated carbocycles. The number of amides is 1. The van der Waals surface area contributed by atoms with Crippen LogP contribution in [0.2, 0.25) is 0 Å². The van der Waals surface area contributed by atoms with E-state index in [-0.39, 0.29) is 11.8 Å². The van der Waals surface area contributed by atoms with Gasteiger partial charge in [0.05, 0.1) is 6.61 Å². The van der Waals surface area contributed by atoms with Gasteiger partial charge in [0.15, 0.2) is 0 Å². The molecule has 2 aromatic rings. The number of pyridine rings is 1. The normalized spacial score (nSPS) is 19.9. The van der Waals surface area contributed by atoms with Gasteiger partial charge in [-0.15, -0.1) is 0 Å². The van der Waals surface area contributed by atoms with Gasteiger partial charge in [0.1, 0.15) is 11.4 Å². The first-order valence-electron chi connectivity index (χ1n) is 10.1. The number of hydrogen-bond acceptors (Lipinski definition) is 6. The Kier molecular flexibility index (Phi) is 5.52. The average molecular weight is 381 g/mol. The summed E-state index contributed by atoms with van der Waals surface area (Å²) >= 11 is 0. The van der Waals surface area contributed by atoms with Crippen LogP contribution in [0.5, 0.6) is 5.88 Å². The molecule has 2 aliphatic rings. The van der Waals surface area contributed by atoms with Crippen molar-refractivity contribution in [1.82, 2.24) is 24.8 Å². The molecular weight excluding hydrogens is 354 g/mol. The van der Waals surface area contributed by atoms with E-state index >= 15 is 0 Å². The lowest BCUT2D eigenvalue weighted by Gasteiger charge is -2.33. The molecular formula is C21H27N5O2. The number of carbonyl (C=O) groups is 1. The molecule has 1 saturated heterocycles. The Labute approximate surface area is 165 Å². The zero-order valence-corrected chi connectivity index (χ0v) is 16.6. The van der Waals surface area contributed by atoms with E-state index < -0.39 is 0 Å². The summed E-state index contributed by atoms with van der Waals surface area (Å²) in [6.07, 6.45) is 6.54. The molecule has 148 valence electrons. The molecule has 0 radical (unpaired) electrons.